The number of carbonyl (C=O) groups is 1. The molecular formula is C34H35N3O3. The quantitative estimate of drug-likeness (QED) is 0.280. The number of aromatic nitrogens is 2. The van der Waals surface area contributed by atoms with E-state index in [4.69, 9.17) is 9.72 Å². The van der Waals surface area contributed by atoms with Crippen LogP contribution in [0.2, 0.25) is 0 Å². The van der Waals surface area contributed by atoms with Gasteiger partial charge in [0.2, 0.25) is 0 Å². The van der Waals surface area contributed by atoms with E-state index in [-0.39, 0.29) is 30.3 Å². The van der Waals surface area contributed by atoms with Gasteiger partial charge in [0.25, 0.3) is 5.56 Å². The van der Waals surface area contributed by atoms with Crippen molar-refractivity contribution < 1.29 is 9.53 Å². The van der Waals surface area contributed by atoms with Gasteiger partial charge in [-0.25, -0.2) is 9.78 Å². The van der Waals surface area contributed by atoms with E-state index in [0.717, 1.165) is 29.5 Å². The largest absolute Gasteiger partial charge is 0.441 e. The summed E-state index contributed by atoms with van der Waals surface area (Å²) in [6.07, 6.45) is 4.35. The van der Waals surface area contributed by atoms with Gasteiger partial charge in [0.15, 0.2) is 0 Å². The molecule has 2 heterocycles. The highest BCUT2D eigenvalue weighted by atomic mass is 16.6. The van der Waals surface area contributed by atoms with Crippen LogP contribution in [0.15, 0.2) is 95.8 Å². The molecule has 1 unspecified atom stereocenters. The smallest absolute Gasteiger partial charge is 0.410 e. The van der Waals surface area contributed by atoms with Crippen LogP contribution in [-0.4, -0.2) is 27.1 Å². The van der Waals surface area contributed by atoms with Crippen LogP contribution < -0.4 is 5.56 Å². The first-order valence-corrected chi connectivity index (χ1v) is 14.3. The van der Waals surface area contributed by atoms with Gasteiger partial charge in [-0.1, -0.05) is 104 Å². The van der Waals surface area contributed by atoms with Gasteiger partial charge in [-0.3, -0.25) is 9.36 Å². The maximum Gasteiger partial charge on any atom is 0.410 e. The van der Waals surface area contributed by atoms with Gasteiger partial charge in [-0.15, -0.1) is 0 Å². The Morgan fingerprint density at radius 2 is 1.40 bits per heavy atom. The molecule has 1 aliphatic heterocycles. The van der Waals surface area contributed by atoms with Crippen LogP contribution in [0.3, 0.4) is 0 Å². The molecule has 0 N–H and O–H groups in total. The number of ether oxygens (including phenoxy) is 1. The number of nitrogens with zero attached hydrogens (tertiary/aromatic N) is 3. The Bertz CT molecular complexity index is 1470. The second-order valence-corrected chi connectivity index (χ2v) is 10.9. The number of hydrogen-bond acceptors (Lipinski definition) is 4. The zero-order valence-electron chi connectivity index (χ0n) is 22.9. The summed E-state index contributed by atoms with van der Waals surface area (Å²) in [5, 5.41) is 0. The fourth-order valence-corrected chi connectivity index (χ4v) is 6.36. The summed E-state index contributed by atoms with van der Waals surface area (Å²) < 4.78 is 8.00. The van der Waals surface area contributed by atoms with Crippen LogP contribution in [0.4, 0.5) is 4.79 Å². The summed E-state index contributed by atoms with van der Waals surface area (Å²) in [6, 6.07) is 29.9. The molecule has 4 aromatic rings. The van der Waals surface area contributed by atoms with Crippen LogP contribution in [0.1, 0.15) is 71.6 Å². The Kier molecular flexibility index (Phi) is 7.49. The number of amides is 1. The lowest BCUT2D eigenvalue weighted by Gasteiger charge is -2.32. The van der Waals surface area contributed by atoms with E-state index in [1.54, 1.807) is 4.90 Å². The van der Waals surface area contributed by atoms with E-state index >= 15 is 0 Å². The van der Waals surface area contributed by atoms with E-state index in [0.29, 0.717) is 36.0 Å². The normalized spacial score (nSPS) is 16.1. The highest BCUT2D eigenvalue weighted by Gasteiger charge is 2.33. The van der Waals surface area contributed by atoms with E-state index < -0.39 is 0 Å². The number of fused-ring (bicyclic) bond motifs is 1. The Balaban J connectivity index is 1.29. The third-order valence-electron chi connectivity index (χ3n) is 8.37. The molecule has 0 spiro atoms. The second kappa shape index (κ2) is 11.5. The highest BCUT2D eigenvalue weighted by molar-refractivity contribution is 5.68. The van der Waals surface area contributed by atoms with Gasteiger partial charge in [-0.2, -0.15) is 0 Å². The number of rotatable bonds is 6. The summed E-state index contributed by atoms with van der Waals surface area (Å²) in [6.45, 7) is 2.58. The molecule has 0 saturated heterocycles. The van der Waals surface area contributed by atoms with Gasteiger partial charge in [-0.05, 0) is 42.9 Å². The topological polar surface area (TPSA) is 64.4 Å². The molecule has 3 aromatic carbocycles. The number of benzene rings is 3. The molecule has 1 saturated carbocycles. The summed E-state index contributed by atoms with van der Waals surface area (Å²) in [4.78, 5) is 34.1. The first kappa shape index (κ1) is 26.1. The van der Waals surface area contributed by atoms with Gasteiger partial charge >= 0.3 is 6.09 Å². The fourth-order valence-electron chi connectivity index (χ4n) is 6.36. The Morgan fingerprint density at radius 3 is 1.98 bits per heavy atom. The van der Waals surface area contributed by atoms with E-state index in [9.17, 15) is 9.59 Å². The summed E-state index contributed by atoms with van der Waals surface area (Å²) in [7, 11) is 0. The van der Waals surface area contributed by atoms with Crippen molar-refractivity contribution in [3.8, 4) is 0 Å². The molecule has 1 atom stereocenters. The Labute approximate surface area is 235 Å². The molecular weight excluding hydrogens is 498 g/mol. The molecule has 0 bridgehead atoms. The van der Waals surface area contributed by atoms with Crippen molar-refractivity contribution in [2.24, 2.45) is 5.92 Å². The van der Waals surface area contributed by atoms with Crippen molar-refractivity contribution in [2.45, 2.75) is 57.7 Å². The SMILES string of the molecule is Cc1nc2c(c(=O)n1C(c1ccccc1)c1ccccc1)CCN(C(=O)OC(c1ccccc1)C1CCCC1)C2. The maximum atomic E-state index is 14.0. The molecule has 1 aliphatic carbocycles. The average molecular weight is 534 g/mol. The molecule has 6 heteroatoms. The molecule has 0 radical (unpaired) electrons. The molecule has 2 aliphatic rings. The summed E-state index contributed by atoms with van der Waals surface area (Å²) in [5.74, 6) is 0.966. The maximum absolute atomic E-state index is 14.0. The molecule has 1 amide bonds. The van der Waals surface area contributed by atoms with Gasteiger partial charge in [0, 0.05) is 18.0 Å². The second-order valence-electron chi connectivity index (χ2n) is 10.9. The first-order chi connectivity index (χ1) is 19.6. The monoisotopic (exact) mass is 533 g/mol. The number of aryl methyl sites for hydroxylation is 1. The van der Waals surface area contributed by atoms with Crippen LogP contribution in [0.5, 0.6) is 0 Å². The lowest BCUT2D eigenvalue weighted by Crippen LogP contribution is -2.42. The van der Waals surface area contributed by atoms with E-state index in [1.807, 2.05) is 102 Å². The van der Waals surface area contributed by atoms with Gasteiger partial charge < -0.3 is 9.64 Å². The summed E-state index contributed by atoms with van der Waals surface area (Å²) in [5.41, 5.74) is 4.41. The third-order valence-corrected chi connectivity index (χ3v) is 8.37. The van der Waals surface area contributed by atoms with Crippen molar-refractivity contribution in [3.63, 3.8) is 0 Å². The van der Waals surface area contributed by atoms with Gasteiger partial charge in [0.05, 0.1) is 18.3 Å². The number of hydrogen-bond donors (Lipinski definition) is 0. The zero-order valence-corrected chi connectivity index (χ0v) is 22.9. The first-order valence-electron chi connectivity index (χ1n) is 14.3. The Morgan fingerprint density at radius 1 is 0.850 bits per heavy atom. The lowest BCUT2D eigenvalue weighted by molar-refractivity contribution is 0.0314. The number of carbonyl (C=O) groups excluding carboxylic acids is 1. The van der Waals surface area contributed by atoms with Crippen molar-refractivity contribution in [1.82, 2.24) is 14.5 Å². The van der Waals surface area contributed by atoms with E-state index in [1.165, 1.54) is 12.8 Å². The van der Waals surface area contributed by atoms with Crippen LogP contribution >= 0.6 is 0 Å². The molecule has 6 rings (SSSR count). The van der Waals surface area contributed by atoms with Crippen molar-refractivity contribution in [3.05, 3.63) is 135 Å². The lowest BCUT2D eigenvalue weighted by atomic mass is 9.94. The average Bonchev–Trinajstić information content (AvgIpc) is 3.54. The van der Waals surface area contributed by atoms with Crippen molar-refractivity contribution >= 4 is 6.09 Å². The van der Waals surface area contributed by atoms with Crippen molar-refractivity contribution in [1.29, 1.82) is 0 Å². The van der Waals surface area contributed by atoms with Crippen LogP contribution in [0.25, 0.3) is 0 Å². The molecule has 40 heavy (non-hydrogen) atoms. The standard InChI is InChI=1S/C34H35N3O3/c1-24-35-30-23-36(34(39)40-32(28-19-11-12-20-28)27-17-9-4-10-18-27)22-21-29(30)33(38)37(24)31(25-13-5-2-6-14-25)26-15-7-3-8-16-26/h2-10,13-18,28,31-32H,11-12,19-23H2,1H3. The predicted molar refractivity (Wildman–Crippen MR) is 155 cm³/mol. The van der Waals surface area contributed by atoms with Gasteiger partial charge in [0.1, 0.15) is 11.9 Å². The predicted octanol–water partition coefficient (Wildman–Crippen LogP) is 6.62. The molecule has 204 valence electrons. The minimum Gasteiger partial charge on any atom is -0.441 e. The zero-order chi connectivity index (χ0) is 27.5. The van der Waals surface area contributed by atoms with Crippen LogP contribution in [-0.2, 0) is 17.7 Å². The van der Waals surface area contributed by atoms with Crippen LogP contribution in [0, 0.1) is 12.8 Å². The van der Waals surface area contributed by atoms with E-state index in [2.05, 4.69) is 0 Å². The minimum atomic E-state index is -0.332. The highest BCUT2D eigenvalue weighted by Crippen LogP contribution is 2.38. The van der Waals surface area contributed by atoms with Crippen molar-refractivity contribution in [2.75, 3.05) is 6.54 Å². The third kappa shape index (κ3) is 5.18. The fraction of sp³-hybridized carbons (Fsp3) is 0.324. The summed E-state index contributed by atoms with van der Waals surface area (Å²) >= 11 is 0. The molecule has 1 fully saturated rings. The minimum absolute atomic E-state index is 0.0404. The Hall–Kier alpha value is -4.19. The molecule has 6 nitrogen and oxygen atoms in total. The molecule has 1 aromatic heterocycles.